The standard InChI is InChI=1S/C24H26N4O3S/c1-4-17-10-12-18(13-11-17)21(29)16(2)32-24-26-25-23-27(14-7-15-31-3)22(30)19-8-5-6-9-20(19)28(23)24/h5-6,8-13,16H,4,7,14-15H2,1-3H3. The number of carbonyl (C=O) groups is 1. The Labute approximate surface area is 190 Å². The minimum Gasteiger partial charge on any atom is -0.385 e. The summed E-state index contributed by atoms with van der Waals surface area (Å²) in [4.78, 5) is 26.1. The highest BCUT2D eigenvalue weighted by atomic mass is 32.2. The number of Topliss-reactive ketones (excluding diaryl/α,β-unsaturated/α-hetero) is 1. The Morgan fingerprint density at radius 2 is 1.88 bits per heavy atom. The van der Waals surface area contributed by atoms with Gasteiger partial charge in [0.2, 0.25) is 5.78 Å². The Morgan fingerprint density at radius 3 is 2.59 bits per heavy atom. The van der Waals surface area contributed by atoms with Gasteiger partial charge in [-0.05, 0) is 37.5 Å². The summed E-state index contributed by atoms with van der Waals surface area (Å²) in [6, 6.07) is 15.2. The number of thioether (sulfide) groups is 1. The summed E-state index contributed by atoms with van der Waals surface area (Å²) in [5.74, 6) is 0.506. The van der Waals surface area contributed by atoms with Crippen molar-refractivity contribution in [1.29, 1.82) is 0 Å². The zero-order valence-corrected chi connectivity index (χ0v) is 19.3. The fourth-order valence-electron chi connectivity index (χ4n) is 3.73. The molecule has 8 heteroatoms. The van der Waals surface area contributed by atoms with Gasteiger partial charge in [-0.15, -0.1) is 10.2 Å². The Bertz CT molecular complexity index is 1310. The van der Waals surface area contributed by atoms with Crippen LogP contribution in [0.1, 0.15) is 36.2 Å². The lowest BCUT2D eigenvalue weighted by molar-refractivity contribution is 0.0994. The van der Waals surface area contributed by atoms with E-state index in [4.69, 9.17) is 4.74 Å². The highest BCUT2D eigenvalue weighted by Gasteiger charge is 2.22. The van der Waals surface area contributed by atoms with Crippen LogP contribution in [0, 0.1) is 0 Å². The van der Waals surface area contributed by atoms with Gasteiger partial charge in [-0.1, -0.05) is 55.1 Å². The quantitative estimate of drug-likeness (QED) is 0.218. The number of carbonyl (C=O) groups excluding carboxylic acids is 1. The molecule has 1 atom stereocenters. The molecule has 4 rings (SSSR count). The van der Waals surface area contributed by atoms with Gasteiger partial charge >= 0.3 is 0 Å². The molecule has 0 amide bonds. The summed E-state index contributed by atoms with van der Waals surface area (Å²) in [5.41, 5.74) is 2.50. The number of nitrogens with zero attached hydrogens (tertiary/aromatic N) is 4. The lowest BCUT2D eigenvalue weighted by Gasteiger charge is -2.13. The van der Waals surface area contributed by atoms with Crippen molar-refractivity contribution in [3.63, 3.8) is 0 Å². The molecule has 0 fully saturated rings. The molecule has 2 aromatic carbocycles. The highest BCUT2D eigenvalue weighted by Crippen LogP contribution is 2.27. The summed E-state index contributed by atoms with van der Waals surface area (Å²) >= 11 is 1.35. The molecular formula is C24H26N4O3S. The lowest BCUT2D eigenvalue weighted by atomic mass is 10.1. The molecule has 0 saturated carbocycles. The Morgan fingerprint density at radius 1 is 1.12 bits per heavy atom. The average molecular weight is 451 g/mol. The number of para-hydroxylation sites is 1. The minimum atomic E-state index is -0.359. The van der Waals surface area contributed by atoms with E-state index in [-0.39, 0.29) is 16.6 Å². The van der Waals surface area contributed by atoms with Crippen molar-refractivity contribution in [3.05, 3.63) is 70.0 Å². The fraction of sp³-hybridized carbons (Fsp3) is 0.333. The number of aryl methyl sites for hydroxylation is 2. The lowest BCUT2D eigenvalue weighted by Crippen LogP contribution is -2.24. The second kappa shape index (κ2) is 9.67. The van der Waals surface area contributed by atoms with E-state index >= 15 is 0 Å². The third kappa shape index (κ3) is 4.20. The van der Waals surface area contributed by atoms with Crippen LogP contribution in [-0.4, -0.2) is 43.9 Å². The first-order valence-electron chi connectivity index (χ1n) is 10.7. The number of ketones is 1. The van der Waals surface area contributed by atoms with Crippen molar-refractivity contribution in [3.8, 4) is 0 Å². The molecule has 0 N–H and O–H groups in total. The number of hydrogen-bond acceptors (Lipinski definition) is 6. The van der Waals surface area contributed by atoms with Crippen LogP contribution in [0.4, 0.5) is 0 Å². The number of rotatable bonds is 9. The van der Waals surface area contributed by atoms with E-state index in [2.05, 4.69) is 17.1 Å². The zero-order chi connectivity index (χ0) is 22.7. The number of methoxy groups -OCH3 is 1. The number of hydrogen-bond donors (Lipinski definition) is 0. The van der Waals surface area contributed by atoms with Crippen molar-refractivity contribution in [2.75, 3.05) is 13.7 Å². The highest BCUT2D eigenvalue weighted by molar-refractivity contribution is 8.00. The summed E-state index contributed by atoms with van der Waals surface area (Å²) in [7, 11) is 1.64. The molecule has 166 valence electrons. The van der Waals surface area contributed by atoms with Gasteiger partial charge in [0, 0.05) is 25.8 Å². The van der Waals surface area contributed by atoms with Crippen LogP contribution >= 0.6 is 11.8 Å². The van der Waals surface area contributed by atoms with Gasteiger partial charge in [-0.25, -0.2) is 0 Å². The molecule has 0 spiro atoms. The largest absolute Gasteiger partial charge is 0.385 e. The first-order chi connectivity index (χ1) is 15.5. The van der Waals surface area contributed by atoms with Gasteiger partial charge in [0.15, 0.2) is 10.9 Å². The maximum Gasteiger partial charge on any atom is 0.262 e. The maximum atomic E-state index is 13.1. The van der Waals surface area contributed by atoms with Crippen molar-refractivity contribution in [2.45, 2.75) is 43.6 Å². The normalized spacial score (nSPS) is 12.5. The fourth-order valence-corrected chi connectivity index (χ4v) is 4.66. The van der Waals surface area contributed by atoms with Crippen molar-refractivity contribution < 1.29 is 9.53 Å². The van der Waals surface area contributed by atoms with Crippen LogP contribution in [0.2, 0.25) is 0 Å². The summed E-state index contributed by atoms with van der Waals surface area (Å²) in [5, 5.41) is 9.49. The van der Waals surface area contributed by atoms with Gasteiger partial charge in [-0.3, -0.25) is 18.6 Å². The predicted molar refractivity (Wildman–Crippen MR) is 127 cm³/mol. The van der Waals surface area contributed by atoms with Gasteiger partial charge < -0.3 is 4.74 Å². The van der Waals surface area contributed by atoms with E-state index in [0.29, 0.717) is 41.5 Å². The first-order valence-corrected chi connectivity index (χ1v) is 11.6. The van der Waals surface area contributed by atoms with Crippen LogP contribution in [0.15, 0.2) is 58.5 Å². The molecule has 0 aliphatic rings. The van der Waals surface area contributed by atoms with Crippen molar-refractivity contribution in [1.82, 2.24) is 19.2 Å². The van der Waals surface area contributed by atoms with Crippen molar-refractivity contribution in [2.24, 2.45) is 0 Å². The van der Waals surface area contributed by atoms with E-state index in [1.165, 1.54) is 17.3 Å². The van der Waals surface area contributed by atoms with E-state index in [9.17, 15) is 9.59 Å². The second-order valence-electron chi connectivity index (χ2n) is 7.61. The Hall–Kier alpha value is -2.97. The Kier molecular flexibility index (Phi) is 6.72. The molecule has 0 aliphatic heterocycles. The third-order valence-electron chi connectivity index (χ3n) is 5.51. The van der Waals surface area contributed by atoms with E-state index in [1.54, 1.807) is 11.7 Å². The molecule has 0 radical (unpaired) electrons. The van der Waals surface area contributed by atoms with Crippen LogP contribution in [0.25, 0.3) is 16.7 Å². The van der Waals surface area contributed by atoms with Gasteiger partial charge in [0.25, 0.3) is 5.56 Å². The molecule has 1 unspecified atom stereocenters. The number of aromatic nitrogens is 4. The molecule has 0 saturated heterocycles. The maximum absolute atomic E-state index is 13.1. The monoisotopic (exact) mass is 450 g/mol. The minimum absolute atomic E-state index is 0.0344. The number of fused-ring (bicyclic) bond motifs is 3. The van der Waals surface area contributed by atoms with Gasteiger partial charge in [0.05, 0.1) is 16.2 Å². The molecule has 2 aromatic heterocycles. The first kappa shape index (κ1) is 22.2. The van der Waals surface area contributed by atoms with E-state index in [1.807, 2.05) is 59.9 Å². The molecule has 32 heavy (non-hydrogen) atoms. The van der Waals surface area contributed by atoms with Crippen LogP contribution in [0.5, 0.6) is 0 Å². The van der Waals surface area contributed by atoms with Crippen LogP contribution < -0.4 is 5.56 Å². The second-order valence-corrected chi connectivity index (χ2v) is 8.92. The molecule has 0 bridgehead atoms. The summed E-state index contributed by atoms with van der Waals surface area (Å²) in [6.45, 7) is 4.98. The molecule has 2 heterocycles. The Balaban J connectivity index is 1.73. The van der Waals surface area contributed by atoms with Gasteiger partial charge in [-0.2, -0.15) is 0 Å². The van der Waals surface area contributed by atoms with Crippen LogP contribution in [0.3, 0.4) is 0 Å². The topological polar surface area (TPSA) is 78.5 Å². The number of benzene rings is 2. The van der Waals surface area contributed by atoms with E-state index in [0.717, 1.165) is 11.9 Å². The predicted octanol–water partition coefficient (Wildman–Crippen LogP) is 4.01. The SMILES string of the molecule is CCc1ccc(C(=O)C(C)Sc2nnc3n(CCCOC)c(=O)c4ccccc4n23)cc1. The van der Waals surface area contributed by atoms with Gasteiger partial charge in [0.1, 0.15) is 0 Å². The smallest absolute Gasteiger partial charge is 0.262 e. The summed E-state index contributed by atoms with van der Waals surface area (Å²) in [6.07, 6.45) is 1.62. The molecule has 7 nitrogen and oxygen atoms in total. The molecule has 0 aliphatic carbocycles. The molecular weight excluding hydrogens is 424 g/mol. The van der Waals surface area contributed by atoms with Crippen molar-refractivity contribution >= 4 is 34.2 Å². The number of ether oxygens (including phenoxy) is 1. The van der Waals surface area contributed by atoms with Crippen LogP contribution in [-0.2, 0) is 17.7 Å². The molecule has 4 aromatic rings. The third-order valence-corrected chi connectivity index (χ3v) is 6.55. The average Bonchev–Trinajstić information content (AvgIpc) is 3.24. The van der Waals surface area contributed by atoms with E-state index < -0.39 is 0 Å². The zero-order valence-electron chi connectivity index (χ0n) is 18.4. The summed E-state index contributed by atoms with van der Waals surface area (Å²) < 4.78 is 8.65.